The number of hydrogen-bond acceptors (Lipinski definition) is 5. The average molecular weight is 307 g/mol. The Balaban J connectivity index is 2.00. The van der Waals surface area contributed by atoms with Crippen LogP contribution >= 0.6 is 0 Å². The van der Waals surface area contributed by atoms with Crippen molar-refractivity contribution < 1.29 is 14.6 Å². The number of rotatable bonds is 5. The highest BCUT2D eigenvalue weighted by Crippen LogP contribution is 2.27. The Morgan fingerprint density at radius 3 is 2.64 bits per heavy atom. The molecule has 6 nitrogen and oxygen atoms in total. The molecule has 1 aliphatic rings. The van der Waals surface area contributed by atoms with Crippen LogP contribution in [-0.4, -0.2) is 67.3 Å². The zero-order chi connectivity index (χ0) is 16.1. The Morgan fingerprint density at radius 2 is 2.05 bits per heavy atom. The minimum Gasteiger partial charge on any atom is -0.495 e. The van der Waals surface area contributed by atoms with Crippen LogP contribution in [0.4, 0.5) is 5.69 Å². The largest absolute Gasteiger partial charge is 0.495 e. The van der Waals surface area contributed by atoms with E-state index < -0.39 is 0 Å². The van der Waals surface area contributed by atoms with Gasteiger partial charge < -0.3 is 20.5 Å². The van der Waals surface area contributed by atoms with Crippen LogP contribution in [0.1, 0.15) is 18.4 Å². The Morgan fingerprint density at radius 1 is 1.36 bits per heavy atom. The predicted molar refractivity (Wildman–Crippen MR) is 85.9 cm³/mol. The summed E-state index contributed by atoms with van der Waals surface area (Å²) in [6, 6.07) is 5.49. The molecular weight excluding hydrogens is 282 g/mol. The number of piperazine rings is 1. The van der Waals surface area contributed by atoms with E-state index in [1.165, 1.54) is 0 Å². The van der Waals surface area contributed by atoms with E-state index in [0.717, 1.165) is 18.7 Å². The molecule has 1 aromatic carbocycles. The molecule has 1 aromatic rings. The topological polar surface area (TPSA) is 79.0 Å². The monoisotopic (exact) mass is 307 g/mol. The average Bonchev–Trinajstić information content (AvgIpc) is 2.55. The van der Waals surface area contributed by atoms with Gasteiger partial charge in [0, 0.05) is 32.7 Å². The molecule has 1 aliphatic heterocycles. The first-order valence-corrected chi connectivity index (χ1v) is 7.62. The molecule has 1 amide bonds. The van der Waals surface area contributed by atoms with E-state index >= 15 is 0 Å². The molecule has 122 valence electrons. The normalized spacial score (nSPS) is 17.3. The molecule has 0 spiro atoms. The highest BCUT2D eigenvalue weighted by atomic mass is 16.5. The fraction of sp³-hybridized carbons (Fsp3) is 0.562. The molecule has 0 radical (unpaired) electrons. The number of aliphatic hydroxyl groups is 1. The third-order valence-electron chi connectivity index (χ3n) is 4.23. The van der Waals surface area contributed by atoms with Crippen LogP contribution in [0, 0.1) is 0 Å². The van der Waals surface area contributed by atoms with Crippen LogP contribution in [-0.2, 0) is 4.79 Å². The molecule has 2 rings (SSSR count). The molecule has 6 heteroatoms. The van der Waals surface area contributed by atoms with Gasteiger partial charge in [0.25, 0.3) is 0 Å². The first kappa shape index (κ1) is 16.6. The van der Waals surface area contributed by atoms with Gasteiger partial charge in [0.15, 0.2) is 0 Å². The molecule has 1 atom stereocenters. The molecule has 1 unspecified atom stereocenters. The minimum absolute atomic E-state index is 0.121. The lowest BCUT2D eigenvalue weighted by molar-refractivity contribution is -0.134. The number of hydrogen-bond donors (Lipinski definition) is 2. The maximum absolute atomic E-state index is 12.6. The van der Waals surface area contributed by atoms with Gasteiger partial charge in [-0.2, -0.15) is 0 Å². The van der Waals surface area contributed by atoms with Gasteiger partial charge in [0.1, 0.15) is 5.75 Å². The van der Waals surface area contributed by atoms with E-state index in [1.54, 1.807) is 13.2 Å². The number of nitrogens with zero attached hydrogens (tertiary/aromatic N) is 2. The van der Waals surface area contributed by atoms with E-state index in [2.05, 4.69) is 4.90 Å². The summed E-state index contributed by atoms with van der Waals surface area (Å²) in [5, 5.41) is 8.96. The maximum Gasteiger partial charge on any atom is 0.229 e. The zero-order valence-electron chi connectivity index (χ0n) is 13.3. The van der Waals surface area contributed by atoms with Crippen LogP contribution in [0.15, 0.2) is 18.2 Å². The van der Waals surface area contributed by atoms with Crippen molar-refractivity contribution in [3.05, 3.63) is 23.8 Å². The number of ether oxygens (including phenoxy) is 1. The highest BCUT2D eigenvalue weighted by Gasteiger charge is 2.26. The molecule has 1 heterocycles. The third kappa shape index (κ3) is 3.69. The van der Waals surface area contributed by atoms with Gasteiger partial charge in [-0.05, 0) is 24.6 Å². The van der Waals surface area contributed by atoms with Gasteiger partial charge in [-0.1, -0.05) is 6.07 Å². The van der Waals surface area contributed by atoms with Crippen LogP contribution in [0.5, 0.6) is 5.75 Å². The van der Waals surface area contributed by atoms with Crippen molar-refractivity contribution in [2.45, 2.75) is 12.8 Å². The lowest BCUT2D eigenvalue weighted by Crippen LogP contribution is -2.50. The fourth-order valence-corrected chi connectivity index (χ4v) is 2.75. The highest BCUT2D eigenvalue weighted by molar-refractivity contribution is 5.83. The SMILES string of the molecule is COc1cc(C(C)C(=O)N2CCN(CCO)CC2)ccc1N. The van der Waals surface area contributed by atoms with Gasteiger partial charge in [0.05, 0.1) is 25.3 Å². The molecule has 1 saturated heterocycles. The smallest absolute Gasteiger partial charge is 0.229 e. The summed E-state index contributed by atoms with van der Waals surface area (Å²) >= 11 is 0. The van der Waals surface area contributed by atoms with Crippen molar-refractivity contribution in [1.29, 1.82) is 0 Å². The predicted octanol–water partition coefficient (Wildman–Crippen LogP) is 0.517. The summed E-state index contributed by atoms with van der Waals surface area (Å²) in [4.78, 5) is 16.7. The van der Waals surface area contributed by atoms with Crippen molar-refractivity contribution in [3.8, 4) is 5.75 Å². The summed E-state index contributed by atoms with van der Waals surface area (Å²) in [5.74, 6) is 0.499. The molecular formula is C16H25N3O3. The van der Waals surface area contributed by atoms with Crippen molar-refractivity contribution in [2.24, 2.45) is 0 Å². The second-order valence-electron chi connectivity index (χ2n) is 5.61. The summed E-state index contributed by atoms with van der Waals surface area (Å²) in [7, 11) is 1.57. The van der Waals surface area contributed by atoms with E-state index in [0.29, 0.717) is 31.1 Å². The number of methoxy groups -OCH3 is 1. The number of benzene rings is 1. The van der Waals surface area contributed by atoms with Crippen molar-refractivity contribution in [3.63, 3.8) is 0 Å². The van der Waals surface area contributed by atoms with Gasteiger partial charge in [-0.15, -0.1) is 0 Å². The van der Waals surface area contributed by atoms with E-state index in [9.17, 15) is 4.79 Å². The van der Waals surface area contributed by atoms with Gasteiger partial charge in [-0.3, -0.25) is 9.69 Å². The number of β-amino-alcohol motifs (C(OH)–C–C–N with tert-alkyl or cyclic N) is 1. The summed E-state index contributed by atoms with van der Waals surface area (Å²) in [5.41, 5.74) is 7.30. The third-order valence-corrected chi connectivity index (χ3v) is 4.23. The van der Waals surface area contributed by atoms with Gasteiger partial charge in [-0.25, -0.2) is 0 Å². The second kappa shape index (κ2) is 7.47. The Hall–Kier alpha value is -1.79. The standard InChI is InChI=1S/C16H25N3O3/c1-12(13-3-4-14(17)15(11-13)22-2)16(21)19-7-5-18(6-8-19)9-10-20/h3-4,11-12,20H,5-10,17H2,1-2H3. The van der Waals surface area contributed by atoms with Gasteiger partial charge in [0.2, 0.25) is 5.91 Å². The molecule has 0 aromatic heterocycles. The maximum atomic E-state index is 12.6. The molecule has 0 aliphatic carbocycles. The number of carbonyl (C=O) groups excluding carboxylic acids is 1. The van der Waals surface area contributed by atoms with Crippen LogP contribution in [0.2, 0.25) is 0 Å². The number of amides is 1. The number of nitrogen functional groups attached to an aromatic ring is 1. The Kier molecular flexibility index (Phi) is 5.63. The Bertz CT molecular complexity index is 513. The van der Waals surface area contributed by atoms with Gasteiger partial charge >= 0.3 is 0 Å². The quantitative estimate of drug-likeness (QED) is 0.775. The van der Waals surface area contributed by atoms with Crippen molar-refractivity contribution in [2.75, 3.05) is 52.2 Å². The van der Waals surface area contributed by atoms with Crippen LogP contribution < -0.4 is 10.5 Å². The van der Waals surface area contributed by atoms with E-state index in [1.807, 2.05) is 24.0 Å². The van der Waals surface area contributed by atoms with Crippen molar-refractivity contribution >= 4 is 11.6 Å². The van der Waals surface area contributed by atoms with Crippen molar-refractivity contribution in [1.82, 2.24) is 9.80 Å². The molecule has 0 bridgehead atoms. The fourth-order valence-electron chi connectivity index (χ4n) is 2.75. The minimum atomic E-state index is -0.223. The molecule has 1 fully saturated rings. The molecule has 22 heavy (non-hydrogen) atoms. The number of nitrogens with two attached hydrogens (primary N) is 1. The number of carbonyl (C=O) groups is 1. The number of aliphatic hydroxyl groups excluding tert-OH is 1. The van der Waals surface area contributed by atoms with Crippen LogP contribution in [0.25, 0.3) is 0 Å². The second-order valence-corrected chi connectivity index (χ2v) is 5.61. The molecule has 0 saturated carbocycles. The summed E-state index contributed by atoms with van der Waals surface area (Å²) in [6.07, 6.45) is 0. The zero-order valence-corrected chi connectivity index (χ0v) is 13.3. The first-order chi connectivity index (χ1) is 10.6. The van der Waals surface area contributed by atoms with E-state index in [-0.39, 0.29) is 18.4 Å². The summed E-state index contributed by atoms with van der Waals surface area (Å²) < 4.78 is 5.22. The Labute approximate surface area is 131 Å². The van der Waals surface area contributed by atoms with E-state index in [4.69, 9.17) is 15.6 Å². The lowest BCUT2D eigenvalue weighted by Gasteiger charge is -2.35. The molecule has 3 N–H and O–H groups in total. The lowest BCUT2D eigenvalue weighted by atomic mass is 9.98. The summed E-state index contributed by atoms with van der Waals surface area (Å²) in [6.45, 7) is 5.77. The first-order valence-electron chi connectivity index (χ1n) is 7.62. The van der Waals surface area contributed by atoms with Crippen LogP contribution in [0.3, 0.4) is 0 Å². The number of anilines is 1.